The molecule has 2 fully saturated rings. The summed E-state index contributed by atoms with van der Waals surface area (Å²) in [6.45, 7) is 3.39. The van der Waals surface area contributed by atoms with Gasteiger partial charge in [0.05, 0.1) is 43.5 Å². The second kappa shape index (κ2) is 13.6. The minimum Gasteiger partial charge on any atom is -0.507 e. The molecule has 294 valence electrons. The lowest BCUT2D eigenvalue weighted by Crippen LogP contribution is -2.59. The quantitative estimate of drug-likeness (QED) is 0.131. The molecule has 57 heavy (non-hydrogen) atoms. The second-order valence-corrected chi connectivity index (χ2v) is 15.4. The van der Waals surface area contributed by atoms with Crippen molar-refractivity contribution in [2.24, 2.45) is 7.05 Å². The number of aromatic nitrogens is 5. The second-order valence-electron chi connectivity index (χ2n) is 14.2. The Balaban J connectivity index is 1.24. The average Bonchev–Trinajstić information content (AvgIpc) is 3.53. The molecule has 1 saturated carbocycles. The lowest BCUT2D eigenvalue weighted by atomic mass is 9.64. The number of imide groups is 1. The molecule has 0 spiro atoms. The van der Waals surface area contributed by atoms with Crippen molar-refractivity contribution in [3.05, 3.63) is 133 Å². The summed E-state index contributed by atoms with van der Waals surface area (Å²) in [7, 11) is 4.52. The summed E-state index contributed by atoms with van der Waals surface area (Å²) >= 11 is 14.8. The third-order valence-corrected chi connectivity index (χ3v) is 12.7. The number of amides is 2. The zero-order valence-corrected chi connectivity index (χ0v) is 32.4. The van der Waals surface area contributed by atoms with E-state index in [2.05, 4.69) is 11.6 Å². The molecule has 3 aliphatic rings. The van der Waals surface area contributed by atoms with Crippen molar-refractivity contribution in [1.82, 2.24) is 23.5 Å². The first-order valence-electron chi connectivity index (χ1n) is 17.9. The zero-order chi connectivity index (χ0) is 40.7. The number of aryl methyl sites for hydroxylation is 2. The number of aromatic hydroxyl groups is 1. The molecule has 0 radical (unpaired) electrons. The maximum absolute atomic E-state index is 14.6. The van der Waals surface area contributed by atoms with E-state index in [1.807, 2.05) is 0 Å². The number of nitrogens with zero attached hydrogens (tertiary/aromatic N) is 6. The maximum atomic E-state index is 14.6. The first kappa shape index (κ1) is 38.0. The highest BCUT2D eigenvalue weighted by Gasteiger charge is 2.76. The van der Waals surface area contributed by atoms with Gasteiger partial charge >= 0.3 is 11.4 Å². The topological polar surface area (TPSA) is 160 Å². The van der Waals surface area contributed by atoms with Gasteiger partial charge in [-0.05, 0) is 41.8 Å². The number of para-hydroxylation sites is 1. The van der Waals surface area contributed by atoms with Gasteiger partial charge in [0.2, 0.25) is 0 Å². The summed E-state index contributed by atoms with van der Waals surface area (Å²) in [5, 5.41) is 11.7. The molecule has 1 N–H and O–H groups in total. The molecule has 4 heterocycles. The number of methoxy groups -OCH3 is 2. The minimum atomic E-state index is -2.25. The normalized spacial score (nSPS) is 22.6. The van der Waals surface area contributed by atoms with E-state index in [1.165, 1.54) is 40.3 Å². The molecule has 1 aliphatic carbocycles. The predicted molar refractivity (Wildman–Crippen MR) is 209 cm³/mol. The number of alkyl halides is 2. The molecule has 8 rings (SSSR count). The van der Waals surface area contributed by atoms with Gasteiger partial charge in [-0.1, -0.05) is 30.4 Å². The predicted octanol–water partition coefficient (Wildman–Crippen LogP) is 4.09. The van der Waals surface area contributed by atoms with Gasteiger partial charge in [0.1, 0.15) is 17.3 Å². The SMILES string of the molecule is C=CCc1cccc([C@H]2C3=CCn4c(=O)n(CCc5nc6cc(OC)c(OC)cc6n(C)c5=O)c(=O)n4[C@@H]3C[C@@]3(Cl)C(=O)N(c4ccc(F)cc4)C(=O)[C@@]23Cl)c1O. The van der Waals surface area contributed by atoms with Crippen LogP contribution in [0.5, 0.6) is 17.2 Å². The number of hydrogen-bond donors (Lipinski definition) is 1. The fourth-order valence-electron chi connectivity index (χ4n) is 8.50. The maximum Gasteiger partial charge on any atom is 0.347 e. The zero-order valence-electron chi connectivity index (χ0n) is 30.9. The van der Waals surface area contributed by atoms with Gasteiger partial charge in [-0.3, -0.25) is 14.4 Å². The van der Waals surface area contributed by atoms with Crippen LogP contribution in [-0.2, 0) is 42.6 Å². The first-order chi connectivity index (χ1) is 27.2. The van der Waals surface area contributed by atoms with Crippen LogP contribution < -0.4 is 31.3 Å². The number of rotatable bonds is 9. The van der Waals surface area contributed by atoms with Crippen LogP contribution in [0.1, 0.15) is 35.2 Å². The van der Waals surface area contributed by atoms with Crippen molar-refractivity contribution < 1.29 is 28.6 Å². The van der Waals surface area contributed by atoms with Crippen LogP contribution in [0.2, 0.25) is 0 Å². The molecule has 2 amide bonds. The van der Waals surface area contributed by atoms with Crippen LogP contribution in [0.3, 0.4) is 0 Å². The fraction of sp³-hybridized carbons (Fsp3) is 0.300. The van der Waals surface area contributed by atoms with Crippen molar-refractivity contribution in [2.75, 3.05) is 19.1 Å². The van der Waals surface area contributed by atoms with E-state index in [9.17, 15) is 33.5 Å². The van der Waals surface area contributed by atoms with Gasteiger partial charge < -0.3 is 19.1 Å². The van der Waals surface area contributed by atoms with E-state index in [0.717, 1.165) is 21.6 Å². The number of phenolic OH excluding ortho intramolecular Hbond substituents is 1. The van der Waals surface area contributed by atoms with E-state index in [1.54, 1.807) is 49.5 Å². The highest BCUT2D eigenvalue weighted by molar-refractivity contribution is 6.58. The molecule has 17 heteroatoms. The van der Waals surface area contributed by atoms with Crippen LogP contribution in [0.25, 0.3) is 11.0 Å². The summed E-state index contributed by atoms with van der Waals surface area (Å²) < 4.78 is 29.5. The Bertz CT molecular complexity index is 2770. The van der Waals surface area contributed by atoms with Crippen molar-refractivity contribution in [2.45, 2.75) is 54.1 Å². The highest BCUT2D eigenvalue weighted by Crippen LogP contribution is 2.64. The first-order valence-corrected chi connectivity index (χ1v) is 18.6. The molecule has 14 nitrogen and oxygen atoms in total. The van der Waals surface area contributed by atoms with Crippen molar-refractivity contribution >= 4 is 51.7 Å². The smallest absolute Gasteiger partial charge is 0.347 e. The molecule has 2 aliphatic heterocycles. The third kappa shape index (κ3) is 5.35. The minimum absolute atomic E-state index is 0.0208. The number of halogens is 3. The third-order valence-electron chi connectivity index (χ3n) is 11.3. The number of fused-ring (bicyclic) bond motifs is 5. The van der Waals surface area contributed by atoms with Gasteiger partial charge in [0.25, 0.3) is 17.4 Å². The van der Waals surface area contributed by atoms with Gasteiger partial charge in [-0.2, -0.15) is 0 Å². The van der Waals surface area contributed by atoms with E-state index < -0.39 is 62.7 Å². The molecule has 1 saturated heterocycles. The van der Waals surface area contributed by atoms with E-state index >= 15 is 0 Å². The number of benzene rings is 3. The van der Waals surface area contributed by atoms with Crippen LogP contribution in [0.15, 0.2) is 93.3 Å². The van der Waals surface area contributed by atoms with Gasteiger partial charge in [0, 0.05) is 50.0 Å². The van der Waals surface area contributed by atoms with Crippen LogP contribution in [0.4, 0.5) is 10.1 Å². The summed E-state index contributed by atoms with van der Waals surface area (Å²) in [6, 6.07) is 11.7. The van der Waals surface area contributed by atoms with Gasteiger partial charge in [0.15, 0.2) is 21.2 Å². The van der Waals surface area contributed by atoms with Crippen LogP contribution in [0, 0.1) is 5.82 Å². The monoisotopic (exact) mass is 816 g/mol. The Morgan fingerprint density at radius 2 is 1.70 bits per heavy atom. The molecule has 2 aromatic heterocycles. The van der Waals surface area contributed by atoms with Gasteiger partial charge in [-0.15, -0.1) is 29.8 Å². The number of allylic oxidation sites excluding steroid dienone is 3. The average molecular weight is 818 g/mol. The summed E-state index contributed by atoms with van der Waals surface area (Å²) in [5.41, 5.74) is 0.118. The Labute approximate surface area is 333 Å². The van der Waals surface area contributed by atoms with Crippen LogP contribution >= 0.6 is 23.2 Å². The van der Waals surface area contributed by atoms with Crippen molar-refractivity contribution in [1.29, 1.82) is 0 Å². The largest absolute Gasteiger partial charge is 0.507 e. The molecule has 0 bridgehead atoms. The van der Waals surface area contributed by atoms with Crippen molar-refractivity contribution in [3.8, 4) is 17.2 Å². The standard InChI is InChI=1S/C40H35Cl2FN6O8/c1-5-7-21-8-6-9-25(33(21)50)32-24-14-17-47-37(54)46(16-15-26-34(51)45(2)28-19-31(57-4)30(56-3)18-27(28)44-26)38(55)49(47)29(24)20-39(41)35(52)48(36(53)40(32,39)42)23-12-10-22(43)11-13-23/h5-6,8-14,18-19,29,32,50H,1,7,15-17,20H2,2-4H3/t29-,32-,39-,40+/m1/s1. The number of phenols is 1. The number of anilines is 1. The van der Waals surface area contributed by atoms with Gasteiger partial charge in [-0.25, -0.2) is 37.8 Å². The summed E-state index contributed by atoms with van der Waals surface area (Å²) in [4.78, 5) is 71.9. The fourth-order valence-corrected chi connectivity index (χ4v) is 9.41. The summed E-state index contributed by atoms with van der Waals surface area (Å²) in [5.74, 6) is -3.12. The molecule has 3 aromatic carbocycles. The number of ether oxygens (including phenoxy) is 2. The Morgan fingerprint density at radius 1 is 1.00 bits per heavy atom. The van der Waals surface area contributed by atoms with E-state index in [4.69, 9.17) is 32.7 Å². The van der Waals surface area contributed by atoms with Crippen LogP contribution in [-0.4, -0.2) is 64.4 Å². The lowest BCUT2D eigenvalue weighted by molar-refractivity contribution is -0.122. The number of hydrogen-bond acceptors (Lipinski definition) is 9. The summed E-state index contributed by atoms with van der Waals surface area (Å²) in [6.07, 6.45) is 2.99. The van der Waals surface area contributed by atoms with E-state index in [0.29, 0.717) is 33.7 Å². The molecule has 4 atom stereocenters. The molecular formula is C40H35Cl2FN6O8. The molecule has 0 unspecified atom stereocenters. The Hall–Kier alpha value is -5.93. The highest BCUT2D eigenvalue weighted by atomic mass is 35.5. The van der Waals surface area contributed by atoms with E-state index in [-0.39, 0.29) is 48.6 Å². The molecular weight excluding hydrogens is 782 g/mol. The lowest BCUT2D eigenvalue weighted by Gasteiger charge is -2.49. The number of carbonyl (C=O) groups is 2. The Morgan fingerprint density at radius 3 is 2.39 bits per heavy atom. The molecule has 5 aromatic rings. The number of carbonyl (C=O) groups excluding carboxylic acids is 2. The Kier molecular flexibility index (Phi) is 9.08. The van der Waals surface area contributed by atoms with Crippen molar-refractivity contribution in [3.63, 3.8) is 0 Å².